The van der Waals surface area contributed by atoms with Crippen LogP contribution in [0.1, 0.15) is 83.3 Å². The van der Waals surface area contributed by atoms with E-state index in [0.29, 0.717) is 31.2 Å². The number of aryl methyl sites for hydroxylation is 1. The molecule has 0 atom stereocenters. The Morgan fingerprint density at radius 2 is 1.66 bits per heavy atom. The molecule has 9 heteroatoms. The van der Waals surface area contributed by atoms with Gasteiger partial charge in [-0.2, -0.15) is 4.98 Å². The molecule has 1 aromatic rings. The lowest BCUT2D eigenvalue weighted by Gasteiger charge is -2.30. The van der Waals surface area contributed by atoms with E-state index in [9.17, 15) is 14.4 Å². The van der Waals surface area contributed by atoms with Gasteiger partial charge in [-0.15, -0.1) is 0 Å². The van der Waals surface area contributed by atoms with Crippen molar-refractivity contribution in [2.45, 2.75) is 83.6 Å². The van der Waals surface area contributed by atoms with Crippen LogP contribution in [0.5, 0.6) is 0 Å². The molecule has 0 aliphatic heterocycles. The van der Waals surface area contributed by atoms with Gasteiger partial charge >= 0.3 is 0 Å². The number of hydrogen-bond acceptors (Lipinski definition) is 6. The van der Waals surface area contributed by atoms with Crippen molar-refractivity contribution in [3.8, 4) is 0 Å². The summed E-state index contributed by atoms with van der Waals surface area (Å²) in [6.07, 6.45) is 7.48. The normalized spacial score (nSPS) is 15.9. The van der Waals surface area contributed by atoms with E-state index in [2.05, 4.69) is 26.1 Å². The highest BCUT2D eigenvalue weighted by Crippen LogP contribution is 2.34. The van der Waals surface area contributed by atoms with Crippen molar-refractivity contribution < 1.29 is 18.9 Å². The van der Waals surface area contributed by atoms with Gasteiger partial charge in [-0.3, -0.25) is 14.4 Å². The zero-order chi connectivity index (χ0) is 21.1. The average Bonchev–Trinajstić information content (AvgIpc) is 3.05. The molecule has 0 bridgehead atoms. The van der Waals surface area contributed by atoms with Crippen LogP contribution in [-0.2, 0) is 26.3 Å². The number of rotatable bonds is 10. The number of nitrogens with zero attached hydrogens (tertiary/aromatic N) is 2. The van der Waals surface area contributed by atoms with Crippen molar-refractivity contribution >= 4 is 17.7 Å². The van der Waals surface area contributed by atoms with Crippen molar-refractivity contribution in [2.24, 2.45) is 0 Å². The predicted octanol–water partition coefficient (Wildman–Crippen LogP) is 1.72. The summed E-state index contributed by atoms with van der Waals surface area (Å²) in [5, 5.41) is 12.6. The first-order valence-electron chi connectivity index (χ1n) is 10.6. The molecule has 0 radical (unpaired) electrons. The van der Waals surface area contributed by atoms with E-state index in [1.165, 1.54) is 6.92 Å². The standard InChI is InChI=1S/C20H33N5O4/c1-3-13-21-17(28)10-14-22-16(27)8-9-18-23-19(25-29-18)20(24-15(2)26)11-6-4-5-7-12-20/h3-14H2,1-2H3,(H,21,28)(H,22,27)(H,24,26). The largest absolute Gasteiger partial charge is 0.356 e. The van der Waals surface area contributed by atoms with E-state index < -0.39 is 5.54 Å². The van der Waals surface area contributed by atoms with Gasteiger partial charge in [0.1, 0.15) is 5.54 Å². The van der Waals surface area contributed by atoms with Crippen molar-refractivity contribution in [2.75, 3.05) is 13.1 Å². The van der Waals surface area contributed by atoms with Gasteiger partial charge < -0.3 is 20.5 Å². The summed E-state index contributed by atoms with van der Waals surface area (Å²) in [5.74, 6) is 0.530. The van der Waals surface area contributed by atoms with Crippen LogP contribution in [0.15, 0.2) is 4.52 Å². The van der Waals surface area contributed by atoms with Crippen LogP contribution in [0.25, 0.3) is 0 Å². The fourth-order valence-electron chi connectivity index (χ4n) is 3.60. The predicted molar refractivity (Wildman–Crippen MR) is 107 cm³/mol. The highest BCUT2D eigenvalue weighted by molar-refractivity contribution is 5.79. The fourth-order valence-corrected chi connectivity index (χ4v) is 3.60. The molecule has 2 rings (SSSR count). The lowest BCUT2D eigenvalue weighted by molar-refractivity contribution is -0.123. The van der Waals surface area contributed by atoms with Gasteiger partial charge in [0.2, 0.25) is 23.6 Å². The number of aromatic nitrogens is 2. The smallest absolute Gasteiger partial charge is 0.227 e. The van der Waals surface area contributed by atoms with Crippen LogP contribution in [-0.4, -0.2) is 41.0 Å². The zero-order valence-electron chi connectivity index (χ0n) is 17.5. The van der Waals surface area contributed by atoms with Crippen LogP contribution in [0.2, 0.25) is 0 Å². The minimum Gasteiger partial charge on any atom is -0.356 e. The molecule has 0 saturated heterocycles. The third-order valence-electron chi connectivity index (χ3n) is 5.08. The first kappa shape index (κ1) is 22.8. The highest BCUT2D eigenvalue weighted by Gasteiger charge is 2.38. The molecule has 0 spiro atoms. The second-order valence-electron chi connectivity index (χ2n) is 7.64. The van der Waals surface area contributed by atoms with Crippen molar-refractivity contribution in [1.29, 1.82) is 0 Å². The van der Waals surface area contributed by atoms with E-state index >= 15 is 0 Å². The van der Waals surface area contributed by atoms with Gasteiger partial charge in [-0.1, -0.05) is 37.8 Å². The second kappa shape index (κ2) is 11.5. The summed E-state index contributed by atoms with van der Waals surface area (Å²) < 4.78 is 5.35. The monoisotopic (exact) mass is 407 g/mol. The maximum absolute atomic E-state index is 12.0. The Morgan fingerprint density at radius 1 is 1.00 bits per heavy atom. The number of carbonyl (C=O) groups is 3. The molecule has 162 valence electrons. The van der Waals surface area contributed by atoms with Gasteiger partial charge in [-0.25, -0.2) is 0 Å². The van der Waals surface area contributed by atoms with E-state index in [4.69, 9.17) is 4.52 Å². The lowest BCUT2D eigenvalue weighted by Crippen LogP contribution is -2.45. The molecule has 3 amide bonds. The molecule has 29 heavy (non-hydrogen) atoms. The first-order chi connectivity index (χ1) is 13.9. The number of amides is 3. The van der Waals surface area contributed by atoms with Crippen LogP contribution in [0, 0.1) is 0 Å². The molecule has 3 N–H and O–H groups in total. The molecule has 1 fully saturated rings. The summed E-state index contributed by atoms with van der Waals surface area (Å²) in [7, 11) is 0. The maximum atomic E-state index is 12.0. The Kier molecular flexibility index (Phi) is 9.08. The quantitative estimate of drug-likeness (QED) is 0.507. The van der Waals surface area contributed by atoms with Crippen LogP contribution in [0.4, 0.5) is 0 Å². The summed E-state index contributed by atoms with van der Waals surface area (Å²) in [4.78, 5) is 39.7. The lowest BCUT2D eigenvalue weighted by atomic mass is 9.89. The topological polar surface area (TPSA) is 126 Å². The summed E-state index contributed by atoms with van der Waals surface area (Å²) in [6, 6.07) is 0. The van der Waals surface area contributed by atoms with Crippen LogP contribution in [0.3, 0.4) is 0 Å². The van der Waals surface area contributed by atoms with Gasteiger partial charge in [0.15, 0.2) is 5.82 Å². The second-order valence-corrected chi connectivity index (χ2v) is 7.64. The van der Waals surface area contributed by atoms with Crippen LogP contribution < -0.4 is 16.0 Å². The SMILES string of the molecule is CCCNC(=O)CCNC(=O)CCc1nc(C2(NC(C)=O)CCCCCC2)no1. The van der Waals surface area contributed by atoms with Crippen LogP contribution >= 0.6 is 0 Å². The Hall–Kier alpha value is -2.45. The van der Waals surface area contributed by atoms with E-state index in [0.717, 1.165) is 44.9 Å². The van der Waals surface area contributed by atoms with Gasteiger partial charge in [0, 0.05) is 39.3 Å². The first-order valence-corrected chi connectivity index (χ1v) is 10.6. The van der Waals surface area contributed by atoms with Gasteiger partial charge in [-0.05, 0) is 19.3 Å². The molecule has 9 nitrogen and oxygen atoms in total. The molecular formula is C20H33N5O4. The molecule has 1 aromatic heterocycles. The Labute approximate surface area is 171 Å². The Bertz CT molecular complexity index is 680. The molecular weight excluding hydrogens is 374 g/mol. The number of carbonyl (C=O) groups excluding carboxylic acids is 3. The maximum Gasteiger partial charge on any atom is 0.227 e. The Morgan fingerprint density at radius 3 is 2.31 bits per heavy atom. The molecule has 1 saturated carbocycles. The third kappa shape index (κ3) is 7.47. The summed E-state index contributed by atoms with van der Waals surface area (Å²) in [5.41, 5.74) is -0.585. The minimum atomic E-state index is -0.585. The van der Waals surface area contributed by atoms with Gasteiger partial charge in [0.05, 0.1) is 0 Å². The molecule has 1 heterocycles. The zero-order valence-corrected chi connectivity index (χ0v) is 17.5. The van der Waals surface area contributed by atoms with Gasteiger partial charge in [0.25, 0.3) is 0 Å². The summed E-state index contributed by atoms with van der Waals surface area (Å²) >= 11 is 0. The van der Waals surface area contributed by atoms with Crippen molar-refractivity contribution in [1.82, 2.24) is 26.1 Å². The van der Waals surface area contributed by atoms with E-state index in [-0.39, 0.29) is 30.6 Å². The molecule has 0 unspecified atom stereocenters. The minimum absolute atomic E-state index is 0.0691. The third-order valence-corrected chi connectivity index (χ3v) is 5.08. The van der Waals surface area contributed by atoms with E-state index in [1.54, 1.807) is 0 Å². The van der Waals surface area contributed by atoms with E-state index in [1.807, 2.05) is 6.92 Å². The number of nitrogens with one attached hydrogen (secondary N) is 3. The molecule has 1 aliphatic carbocycles. The average molecular weight is 408 g/mol. The van der Waals surface area contributed by atoms with Crippen molar-refractivity contribution in [3.05, 3.63) is 11.7 Å². The Balaban J connectivity index is 1.84. The number of hydrogen-bond donors (Lipinski definition) is 3. The van der Waals surface area contributed by atoms with Crippen molar-refractivity contribution in [3.63, 3.8) is 0 Å². The summed E-state index contributed by atoms with van der Waals surface area (Å²) in [6.45, 7) is 4.43. The molecule has 0 aromatic carbocycles. The molecule has 1 aliphatic rings. The fraction of sp³-hybridized carbons (Fsp3) is 0.750. The highest BCUT2D eigenvalue weighted by atomic mass is 16.5.